The summed E-state index contributed by atoms with van der Waals surface area (Å²) in [5.41, 5.74) is 0.487. The maximum absolute atomic E-state index is 12.7. The second-order valence-electron chi connectivity index (χ2n) is 6.91. The van der Waals surface area contributed by atoms with E-state index in [-0.39, 0.29) is 24.2 Å². The lowest BCUT2D eigenvalue weighted by Crippen LogP contribution is -2.38. The molecule has 1 saturated carbocycles. The SMILES string of the molecule is COc1cc(OC)cc(C(=O)CN(C)C(=O)[C@@H](C)C2CCCCC2)c1. The normalized spacial score (nSPS) is 16.2. The highest BCUT2D eigenvalue weighted by molar-refractivity contribution is 6.00. The Labute approximate surface area is 150 Å². The van der Waals surface area contributed by atoms with Crippen LogP contribution in [0.2, 0.25) is 0 Å². The van der Waals surface area contributed by atoms with Gasteiger partial charge in [-0.3, -0.25) is 9.59 Å². The zero-order chi connectivity index (χ0) is 18.4. The van der Waals surface area contributed by atoms with Gasteiger partial charge in [0.25, 0.3) is 0 Å². The van der Waals surface area contributed by atoms with E-state index >= 15 is 0 Å². The van der Waals surface area contributed by atoms with Gasteiger partial charge in [-0.2, -0.15) is 0 Å². The molecule has 0 bridgehead atoms. The van der Waals surface area contributed by atoms with Gasteiger partial charge in [-0.05, 0) is 30.9 Å². The second-order valence-corrected chi connectivity index (χ2v) is 6.91. The summed E-state index contributed by atoms with van der Waals surface area (Å²) in [4.78, 5) is 26.8. The van der Waals surface area contributed by atoms with Crippen molar-refractivity contribution in [2.75, 3.05) is 27.8 Å². The summed E-state index contributed by atoms with van der Waals surface area (Å²) < 4.78 is 10.4. The molecule has 2 rings (SSSR count). The van der Waals surface area contributed by atoms with Crippen molar-refractivity contribution in [1.29, 1.82) is 0 Å². The first-order valence-electron chi connectivity index (χ1n) is 8.97. The van der Waals surface area contributed by atoms with Gasteiger partial charge in [0.15, 0.2) is 5.78 Å². The maximum Gasteiger partial charge on any atom is 0.225 e. The van der Waals surface area contributed by atoms with Crippen LogP contribution in [0.3, 0.4) is 0 Å². The number of benzene rings is 1. The fourth-order valence-electron chi connectivity index (χ4n) is 3.54. The molecular formula is C20H29NO4. The van der Waals surface area contributed by atoms with Gasteiger partial charge in [-0.25, -0.2) is 0 Å². The third kappa shape index (κ3) is 4.97. The smallest absolute Gasteiger partial charge is 0.225 e. The van der Waals surface area contributed by atoms with Gasteiger partial charge >= 0.3 is 0 Å². The van der Waals surface area contributed by atoms with Crippen LogP contribution in [-0.4, -0.2) is 44.4 Å². The van der Waals surface area contributed by atoms with Crippen LogP contribution in [0.4, 0.5) is 0 Å². The standard InChI is InChI=1S/C20H29NO4/c1-14(15-8-6-5-7-9-15)20(23)21(2)13-19(22)16-10-17(24-3)12-18(11-16)25-4/h10-12,14-15H,5-9,13H2,1-4H3/t14-/m0/s1. The zero-order valence-corrected chi connectivity index (χ0v) is 15.7. The fourth-order valence-corrected chi connectivity index (χ4v) is 3.54. The zero-order valence-electron chi connectivity index (χ0n) is 15.7. The van der Waals surface area contributed by atoms with E-state index in [1.54, 1.807) is 44.4 Å². The lowest BCUT2D eigenvalue weighted by molar-refractivity contribution is -0.135. The largest absolute Gasteiger partial charge is 0.497 e. The number of carbonyl (C=O) groups is 2. The van der Waals surface area contributed by atoms with Crippen molar-refractivity contribution in [1.82, 2.24) is 4.90 Å². The quantitative estimate of drug-likeness (QED) is 0.708. The highest BCUT2D eigenvalue weighted by Gasteiger charge is 2.28. The van der Waals surface area contributed by atoms with Gasteiger partial charge in [0.2, 0.25) is 5.91 Å². The Balaban J connectivity index is 2.02. The first-order valence-corrected chi connectivity index (χ1v) is 8.97. The van der Waals surface area contributed by atoms with Gasteiger partial charge in [0, 0.05) is 24.6 Å². The summed E-state index contributed by atoms with van der Waals surface area (Å²) >= 11 is 0. The van der Waals surface area contributed by atoms with Crippen LogP contribution in [0, 0.1) is 11.8 Å². The number of methoxy groups -OCH3 is 2. The fraction of sp³-hybridized carbons (Fsp3) is 0.600. The summed E-state index contributed by atoms with van der Waals surface area (Å²) in [6.45, 7) is 2.06. The molecule has 0 radical (unpaired) electrons. The first kappa shape index (κ1) is 19.3. The number of Topliss-reactive ketones (excluding diaryl/α,β-unsaturated/α-hetero) is 1. The van der Waals surface area contributed by atoms with Crippen molar-refractivity contribution in [3.8, 4) is 11.5 Å². The number of nitrogens with zero attached hydrogens (tertiary/aromatic N) is 1. The number of rotatable bonds is 7. The van der Waals surface area contributed by atoms with Crippen LogP contribution in [0.15, 0.2) is 18.2 Å². The van der Waals surface area contributed by atoms with E-state index in [0.717, 1.165) is 12.8 Å². The molecule has 0 saturated heterocycles. The van der Waals surface area contributed by atoms with Crippen molar-refractivity contribution in [3.05, 3.63) is 23.8 Å². The molecule has 1 aromatic carbocycles. The number of ether oxygens (including phenoxy) is 2. The summed E-state index contributed by atoms with van der Waals surface area (Å²) in [7, 11) is 4.80. The number of hydrogen-bond donors (Lipinski definition) is 0. The molecule has 1 aliphatic rings. The Morgan fingerprint density at radius 2 is 1.64 bits per heavy atom. The summed E-state index contributed by atoms with van der Waals surface area (Å²) in [5, 5.41) is 0. The Kier molecular flexibility index (Phi) is 6.85. The maximum atomic E-state index is 12.7. The summed E-state index contributed by atoms with van der Waals surface area (Å²) in [6.07, 6.45) is 5.90. The Hall–Kier alpha value is -2.04. The minimum Gasteiger partial charge on any atom is -0.497 e. The monoisotopic (exact) mass is 347 g/mol. The molecule has 1 amide bonds. The second kappa shape index (κ2) is 8.88. The molecule has 0 unspecified atom stereocenters. The van der Waals surface area contributed by atoms with Crippen molar-refractivity contribution < 1.29 is 19.1 Å². The molecule has 0 heterocycles. The predicted octanol–water partition coefficient (Wildman–Crippen LogP) is 3.56. The Bertz CT molecular complexity index is 585. The molecule has 1 aromatic rings. The lowest BCUT2D eigenvalue weighted by atomic mass is 9.80. The van der Waals surface area contributed by atoms with Crippen LogP contribution in [0.25, 0.3) is 0 Å². The van der Waals surface area contributed by atoms with Gasteiger partial charge in [0.1, 0.15) is 11.5 Å². The first-order chi connectivity index (χ1) is 12.0. The highest BCUT2D eigenvalue weighted by atomic mass is 16.5. The van der Waals surface area contributed by atoms with Gasteiger partial charge in [-0.1, -0.05) is 26.2 Å². The Morgan fingerprint density at radius 1 is 1.08 bits per heavy atom. The van der Waals surface area contributed by atoms with E-state index in [1.165, 1.54) is 19.3 Å². The molecule has 1 atom stereocenters. The van der Waals surface area contributed by atoms with Crippen LogP contribution < -0.4 is 9.47 Å². The van der Waals surface area contributed by atoms with Crippen molar-refractivity contribution >= 4 is 11.7 Å². The predicted molar refractivity (Wildman–Crippen MR) is 97.3 cm³/mol. The molecule has 0 aromatic heterocycles. The molecule has 138 valence electrons. The van der Waals surface area contributed by atoms with Crippen LogP contribution >= 0.6 is 0 Å². The molecular weight excluding hydrogens is 318 g/mol. The van der Waals surface area contributed by atoms with Crippen LogP contribution in [0.5, 0.6) is 11.5 Å². The molecule has 0 spiro atoms. The van der Waals surface area contributed by atoms with Gasteiger partial charge in [-0.15, -0.1) is 0 Å². The molecule has 25 heavy (non-hydrogen) atoms. The number of ketones is 1. The van der Waals surface area contributed by atoms with E-state index in [4.69, 9.17) is 9.47 Å². The average molecular weight is 347 g/mol. The molecule has 5 nitrogen and oxygen atoms in total. The number of likely N-dealkylation sites (N-methyl/N-ethyl adjacent to an activating group) is 1. The van der Waals surface area contributed by atoms with E-state index < -0.39 is 0 Å². The summed E-state index contributed by atoms with van der Waals surface area (Å²) in [6, 6.07) is 5.07. The van der Waals surface area contributed by atoms with E-state index in [1.807, 2.05) is 6.92 Å². The topological polar surface area (TPSA) is 55.8 Å². The van der Waals surface area contributed by atoms with Crippen LogP contribution in [0.1, 0.15) is 49.4 Å². The van der Waals surface area contributed by atoms with Crippen molar-refractivity contribution in [2.24, 2.45) is 11.8 Å². The third-order valence-corrected chi connectivity index (χ3v) is 5.18. The third-order valence-electron chi connectivity index (χ3n) is 5.18. The Morgan fingerprint density at radius 3 is 2.16 bits per heavy atom. The number of amides is 1. The molecule has 1 fully saturated rings. The van der Waals surface area contributed by atoms with E-state index in [9.17, 15) is 9.59 Å². The number of carbonyl (C=O) groups excluding carboxylic acids is 2. The van der Waals surface area contributed by atoms with Gasteiger partial charge < -0.3 is 14.4 Å². The number of hydrogen-bond acceptors (Lipinski definition) is 4. The van der Waals surface area contributed by atoms with Gasteiger partial charge in [0.05, 0.1) is 20.8 Å². The lowest BCUT2D eigenvalue weighted by Gasteiger charge is -2.29. The van der Waals surface area contributed by atoms with E-state index in [2.05, 4.69) is 0 Å². The van der Waals surface area contributed by atoms with Crippen LogP contribution in [-0.2, 0) is 4.79 Å². The minimum absolute atomic E-state index is 0.0297. The summed E-state index contributed by atoms with van der Waals surface area (Å²) in [5.74, 6) is 1.46. The average Bonchev–Trinajstić information content (AvgIpc) is 2.66. The van der Waals surface area contributed by atoms with Crippen molar-refractivity contribution in [2.45, 2.75) is 39.0 Å². The molecule has 1 aliphatic carbocycles. The minimum atomic E-state index is -0.121. The molecule has 0 aliphatic heterocycles. The van der Waals surface area contributed by atoms with Crippen molar-refractivity contribution in [3.63, 3.8) is 0 Å². The highest BCUT2D eigenvalue weighted by Crippen LogP contribution is 2.31. The molecule has 5 heteroatoms. The molecule has 0 N–H and O–H groups in total. The van der Waals surface area contributed by atoms with E-state index in [0.29, 0.717) is 23.0 Å².